The highest BCUT2D eigenvalue weighted by Crippen LogP contribution is 2.16. The van der Waals surface area contributed by atoms with E-state index in [-0.39, 0.29) is 0 Å². The van der Waals surface area contributed by atoms with Gasteiger partial charge in [0.15, 0.2) is 5.82 Å². The van der Waals surface area contributed by atoms with Crippen LogP contribution in [-0.2, 0) is 4.74 Å². The first-order valence-corrected chi connectivity index (χ1v) is 4.93. The van der Waals surface area contributed by atoms with Gasteiger partial charge in [-0.15, -0.1) is 0 Å². The second kappa shape index (κ2) is 3.96. The quantitative estimate of drug-likeness (QED) is 0.708. The van der Waals surface area contributed by atoms with Gasteiger partial charge in [-0.2, -0.15) is 4.98 Å². The number of morpholine rings is 1. The van der Waals surface area contributed by atoms with Crippen LogP contribution < -0.4 is 4.90 Å². The molecule has 1 fully saturated rings. The van der Waals surface area contributed by atoms with Crippen LogP contribution in [0, 0.1) is 0 Å². The van der Waals surface area contributed by atoms with Crippen molar-refractivity contribution in [2.75, 3.05) is 31.2 Å². The highest BCUT2D eigenvalue weighted by atomic mass is 16.5. The summed E-state index contributed by atoms with van der Waals surface area (Å²) in [6, 6.07) is 0.622. The van der Waals surface area contributed by atoms with E-state index in [1.165, 1.54) is 0 Å². The topological polar surface area (TPSA) is 51.4 Å². The van der Waals surface area contributed by atoms with E-state index in [2.05, 4.69) is 15.0 Å². The fourth-order valence-corrected chi connectivity index (χ4v) is 1.34. The molecule has 0 aliphatic carbocycles. The molecule has 2 heterocycles. The second-order valence-electron chi connectivity index (χ2n) is 3.69. The van der Waals surface area contributed by atoms with Crippen molar-refractivity contribution in [3.05, 3.63) is 5.82 Å². The van der Waals surface area contributed by atoms with Gasteiger partial charge in [0.1, 0.15) is 0 Å². The van der Waals surface area contributed by atoms with Gasteiger partial charge in [0.25, 0.3) is 0 Å². The van der Waals surface area contributed by atoms with Gasteiger partial charge in [-0.05, 0) is 0 Å². The van der Waals surface area contributed by atoms with E-state index in [0.717, 1.165) is 32.1 Å². The van der Waals surface area contributed by atoms with Crippen molar-refractivity contribution in [1.29, 1.82) is 0 Å². The molecule has 78 valence electrons. The summed E-state index contributed by atoms with van der Waals surface area (Å²) in [6.07, 6.45) is 0. The van der Waals surface area contributed by atoms with E-state index >= 15 is 0 Å². The van der Waals surface area contributed by atoms with E-state index in [9.17, 15) is 0 Å². The molecule has 1 aliphatic rings. The Morgan fingerprint density at radius 3 is 2.57 bits per heavy atom. The third kappa shape index (κ3) is 1.87. The lowest BCUT2D eigenvalue weighted by atomic mass is 10.2. The molecule has 1 aromatic rings. The molecule has 0 atom stereocenters. The number of aromatic nitrogens is 2. The highest BCUT2D eigenvalue weighted by molar-refractivity contribution is 5.25. The van der Waals surface area contributed by atoms with E-state index in [4.69, 9.17) is 9.26 Å². The minimum Gasteiger partial charge on any atom is -0.378 e. The van der Waals surface area contributed by atoms with Crippen LogP contribution in [0.3, 0.4) is 0 Å². The monoisotopic (exact) mass is 197 g/mol. The smallest absolute Gasteiger partial charge is 0.324 e. The standard InChI is InChI=1S/C9H15N3O2/c1-7(2)8-10-9(14-11-8)12-3-5-13-6-4-12/h7H,3-6H2,1-2H3. The maximum absolute atomic E-state index is 5.24. The van der Waals surface area contributed by atoms with Gasteiger partial charge in [-0.3, -0.25) is 0 Å². The van der Waals surface area contributed by atoms with Crippen molar-refractivity contribution >= 4 is 6.01 Å². The molecule has 1 saturated heterocycles. The number of anilines is 1. The third-order valence-corrected chi connectivity index (χ3v) is 2.23. The molecule has 2 rings (SSSR count). The summed E-state index contributed by atoms with van der Waals surface area (Å²) in [7, 11) is 0. The molecular weight excluding hydrogens is 182 g/mol. The van der Waals surface area contributed by atoms with E-state index in [0.29, 0.717) is 11.9 Å². The van der Waals surface area contributed by atoms with Crippen LogP contribution in [0.5, 0.6) is 0 Å². The Hall–Kier alpha value is -1.10. The van der Waals surface area contributed by atoms with Gasteiger partial charge in [0.05, 0.1) is 13.2 Å². The summed E-state index contributed by atoms with van der Waals surface area (Å²) in [5.41, 5.74) is 0. The summed E-state index contributed by atoms with van der Waals surface area (Å²) >= 11 is 0. The molecule has 0 spiro atoms. The molecule has 0 unspecified atom stereocenters. The minimum absolute atomic E-state index is 0.313. The van der Waals surface area contributed by atoms with Gasteiger partial charge >= 0.3 is 6.01 Å². The van der Waals surface area contributed by atoms with E-state index in [1.54, 1.807) is 0 Å². The average molecular weight is 197 g/mol. The average Bonchev–Trinajstić information content (AvgIpc) is 2.68. The molecule has 0 saturated carbocycles. The summed E-state index contributed by atoms with van der Waals surface area (Å²) < 4.78 is 10.4. The predicted molar refractivity (Wildman–Crippen MR) is 51.4 cm³/mol. The maximum atomic E-state index is 5.24. The van der Waals surface area contributed by atoms with Crippen molar-refractivity contribution in [1.82, 2.24) is 10.1 Å². The molecule has 1 aliphatic heterocycles. The Bertz CT molecular complexity index is 292. The van der Waals surface area contributed by atoms with Crippen molar-refractivity contribution in [2.24, 2.45) is 0 Å². The fourth-order valence-electron chi connectivity index (χ4n) is 1.34. The Morgan fingerprint density at radius 1 is 1.29 bits per heavy atom. The first-order chi connectivity index (χ1) is 6.77. The summed E-state index contributed by atoms with van der Waals surface area (Å²) in [4.78, 5) is 6.38. The minimum atomic E-state index is 0.313. The molecule has 14 heavy (non-hydrogen) atoms. The molecule has 0 bridgehead atoms. The maximum Gasteiger partial charge on any atom is 0.324 e. The van der Waals surface area contributed by atoms with Crippen molar-refractivity contribution in [2.45, 2.75) is 19.8 Å². The predicted octanol–water partition coefficient (Wildman–Crippen LogP) is 1.03. The molecule has 0 radical (unpaired) electrons. The number of hydrogen-bond donors (Lipinski definition) is 0. The number of ether oxygens (including phenoxy) is 1. The molecule has 0 N–H and O–H groups in total. The highest BCUT2D eigenvalue weighted by Gasteiger charge is 2.18. The van der Waals surface area contributed by atoms with Crippen molar-refractivity contribution in [3.8, 4) is 0 Å². The summed E-state index contributed by atoms with van der Waals surface area (Å²) in [5.74, 6) is 1.08. The molecular formula is C9H15N3O2. The zero-order chi connectivity index (χ0) is 9.97. The van der Waals surface area contributed by atoms with Crippen LogP contribution in [0.25, 0.3) is 0 Å². The molecule has 5 heteroatoms. The van der Waals surface area contributed by atoms with Gasteiger partial charge in [-0.1, -0.05) is 19.0 Å². The number of hydrogen-bond acceptors (Lipinski definition) is 5. The molecule has 0 amide bonds. The number of rotatable bonds is 2. The van der Waals surface area contributed by atoms with Crippen LogP contribution in [0.2, 0.25) is 0 Å². The third-order valence-electron chi connectivity index (χ3n) is 2.23. The lowest BCUT2D eigenvalue weighted by molar-refractivity contribution is 0.119. The summed E-state index contributed by atoms with van der Waals surface area (Å²) in [5, 5.41) is 3.92. The lowest BCUT2D eigenvalue weighted by Gasteiger charge is -2.24. The van der Waals surface area contributed by atoms with Crippen LogP contribution in [0.1, 0.15) is 25.6 Å². The fraction of sp³-hybridized carbons (Fsp3) is 0.778. The van der Waals surface area contributed by atoms with Crippen molar-refractivity contribution < 1.29 is 9.26 Å². The molecule has 0 aromatic carbocycles. The van der Waals surface area contributed by atoms with Crippen LogP contribution >= 0.6 is 0 Å². The second-order valence-corrected chi connectivity index (χ2v) is 3.69. The normalized spacial score (nSPS) is 17.8. The Morgan fingerprint density at radius 2 is 2.00 bits per heavy atom. The van der Waals surface area contributed by atoms with Crippen LogP contribution in [-0.4, -0.2) is 36.4 Å². The lowest BCUT2D eigenvalue weighted by Crippen LogP contribution is -2.36. The van der Waals surface area contributed by atoms with E-state index < -0.39 is 0 Å². The van der Waals surface area contributed by atoms with Gasteiger partial charge in [0.2, 0.25) is 0 Å². The zero-order valence-electron chi connectivity index (χ0n) is 8.56. The SMILES string of the molecule is CC(C)c1noc(N2CCOCC2)n1. The van der Waals surface area contributed by atoms with Gasteiger partial charge in [0, 0.05) is 19.0 Å². The molecule has 5 nitrogen and oxygen atoms in total. The Labute approximate surface area is 83.0 Å². The van der Waals surface area contributed by atoms with Gasteiger partial charge in [-0.25, -0.2) is 0 Å². The Balaban J connectivity index is 2.07. The Kier molecular flexibility index (Phi) is 2.67. The van der Waals surface area contributed by atoms with Crippen LogP contribution in [0.15, 0.2) is 4.52 Å². The van der Waals surface area contributed by atoms with Crippen molar-refractivity contribution in [3.63, 3.8) is 0 Å². The molecule has 1 aromatic heterocycles. The van der Waals surface area contributed by atoms with Gasteiger partial charge < -0.3 is 14.2 Å². The van der Waals surface area contributed by atoms with E-state index in [1.807, 2.05) is 13.8 Å². The first-order valence-electron chi connectivity index (χ1n) is 4.93. The largest absolute Gasteiger partial charge is 0.378 e. The summed E-state index contributed by atoms with van der Waals surface area (Å²) in [6.45, 7) is 7.24. The number of nitrogens with zero attached hydrogens (tertiary/aromatic N) is 3. The first kappa shape index (κ1) is 9.45. The zero-order valence-corrected chi connectivity index (χ0v) is 8.56. The van der Waals surface area contributed by atoms with Crippen LogP contribution in [0.4, 0.5) is 6.01 Å².